The van der Waals surface area contributed by atoms with E-state index in [2.05, 4.69) is 5.32 Å². The van der Waals surface area contributed by atoms with Gasteiger partial charge < -0.3 is 15.0 Å². The highest BCUT2D eigenvalue weighted by atomic mass is 35.5. The first-order valence-corrected chi connectivity index (χ1v) is 9.71. The molecular formula is C22H27ClN2O3. The second-order valence-electron chi connectivity index (χ2n) is 6.62. The van der Waals surface area contributed by atoms with Crippen LogP contribution in [-0.4, -0.2) is 43.0 Å². The maximum atomic E-state index is 12.9. The maximum absolute atomic E-state index is 12.9. The van der Waals surface area contributed by atoms with Crippen LogP contribution in [0.1, 0.15) is 24.5 Å². The van der Waals surface area contributed by atoms with Crippen LogP contribution < -0.4 is 5.32 Å². The van der Waals surface area contributed by atoms with E-state index in [0.29, 0.717) is 31.1 Å². The molecule has 0 unspecified atom stereocenters. The molecule has 2 aromatic carbocycles. The van der Waals surface area contributed by atoms with E-state index in [9.17, 15) is 9.59 Å². The third kappa shape index (κ3) is 6.98. The summed E-state index contributed by atoms with van der Waals surface area (Å²) in [5, 5.41) is 3.57. The lowest BCUT2D eigenvalue weighted by atomic mass is 10.0. The van der Waals surface area contributed by atoms with E-state index in [1.807, 2.05) is 42.5 Å². The number of methoxy groups -OCH3 is 1. The van der Waals surface area contributed by atoms with Crippen molar-refractivity contribution in [2.24, 2.45) is 0 Å². The Balaban J connectivity index is 2.20. The lowest BCUT2D eigenvalue weighted by molar-refractivity contribution is -0.139. The van der Waals surface area contributed by atoms with Gasteiger partial charge in [-0.2, -0.15) is 0 Å². The van der Waals surface area contributed by atoms with E-state index in [4.69, 9.17) is 16.3 Å². The zero-order chi connectivity index (χ0) is 20.4. The van der Waals surface area contributed by atoms with Crippen molar-refractivity contribution >= 4 is 23.4 Å². The van der Waals surface area contributed by atoms with Gasteiger partial charge in [0.25, 0.3) is 0 Å². The molecule has 0 bridgehead atoms. The highest BCUT2D eigenvalue weighted by molar-refractivity contribution is 6.30. The summed E-state index contributed by atoms with van der Waals surface area (Å²) in [5.74, 6) is -0.313. The van der Waals surface area contributed by atoms with Crippen LogP contribution in [0.2, 0.25) is 5.02 Å². The van der Waals surface area contributed by atoms with Gasteiger partial charge in [0.15, 0.2) is 0 Å². The molecule has 150 valence electrons. The van der Waals surface area contributed by atoms with Gasteiger partial charge in [-0.1, -0.05) is 54.1 Å². The lowest BCUT2D eigenvalue weighted by Crippen LogP contribution is -2.50. The summed E-state index contributed by atoms with van der Waals surface area (Å²) in [6.45, 7) is 2.91. The molecule has 28 heavy (non-hydrogen) atoms. The Morgan fingerprint density at radius 2 is 1.75 bits per heavy atom. The number of halogens is 1. The summed E-state index contributed by atoms with van der Waals surface area (Å²) in [4.78, 5) is 27.0. The second kappa shape index (κ2) is 11.5. The van der Waals surface area contributed by atoms with Crippen molar-refractivity contribution in [2.75, 3.05) is 20.3 Å². The van der Waals surface area contributed by atoms with Crippen molar-refractivity contribution in [1.29, 1.82) is 0 Å². The van der Waals surface area contributed by atoms with E-state index >= 15 is 0 Å². The summed E-state index contributed by atoms with van der Waals surface area (Å²) in [7, 11) is 1.63. The first-order valence-electron chi connectivity index (χ1n) is 9.33. The minimum Gasteiger partial charge on any atom is -0.385 e. The number of rotatable bonds is 10. The average Bonchev–Trinajstić information content (AvgIpc) is 2.70. The van der Waals surface area contributed by atoms with Gasteiger partial charge in [-0.3, -0.25) is 9.59 Å². The van der Waals surface area contributed by atoms with E-state index < -0.39 is 6.04 Å². The number of hydrogen-bond acceptors (Lipinski definition) is 3. The minimum atomic E-state index is -0.599. The Kier molecular flexibility index (Phi) is 8.98. The number of nitrogens with zero attached hydrogens (tertiary/aromatic N) is 1. The van der Waals surface area contributed by atoms with Crippen molar-refractivity contribution in [3.63, 3.8) is 0 Å². The summed E-state index contributed by atoms with van der Waals surface area (Å²) in [6.07, 6.45) is 1.17. The molecule has 1 N–H and O–H groups in total. The fraction of sp³-hybridized carbons (Fsp3) is 0.364. The number of nitrogens with one attached hydrogen (secondary N) is 1. The van der Waals surface area contributed by atoms with Crippen LogP contribution in [0.3, 0.4) is 0 Å². The molecule has 2 aromatic rings. The molecule has 0 heterocycles. The molecule has 2 rings (SSSR count). The van der Waals surface area contributed by atoms with E-state index in [1.54, 1.807) is 24.1 Å². The molecule has 0 saturated carbocycles. The number of amides is 2. The quantitative estimate of drug-likeness (QED) is 0.619. The number of benzene rings is 2. The molecule has 0 spiro atoms. The largest absolute Gasteiger partial charge is 0.385 e. The molecule has 0 aliphatic carbocycles. The SMILES string of the molecule is COCCCNC(=O)[C@H](Cc1ccccc1)N(Cc1ccc(Cl)cc1)C(C)=O. The van der Waals surface area contributed by atoms with E-state index in [1.165, 1.54) is 6.92 Å². The summed E-state index contributed by atoms with van der Waals surface area (Å²) < 4.78 is 5.03. The predicted molar refractivity (Wildman–Crippen MR) is 111 cm³/mol. The Morgan fingerprint density at radius 3 is 2.36 bits per heavy atom. The number of carbonyl (C=O) groups is 2. The molecule has 1 atom stereocenters. The maximum Gasteiger partial charge on any atom is 0.243 e. The van der Waals surface area contributed by atoms with Crippen molar-refractivity contribution < 1.29 is 14.3 Å². The predicted octanol–water partition coefficient (Wildman–Crippen LogP) is 3.45. The lowest BCUT2D eigenvalue weighted by Gasteiger charge is -2.30. The zero-order valence-electron chi connectivity index (χ0n) is 16.4. The second-order valence-corrected chi connectivity index (χ2v) is 7.05. The Labute approximate surface area is 171 Å². The highest BCUT2D eigenvalue weighted by Gasteiger charge is 2.28. The van der Waals surface area contributed by atoms with Gasteiger partial charge in [-0.15, -0.1) is 0 Å². The molecule has 2 amide bonds. The minimum absolute atomic E-state index is 0.150. The van der Waals surface area contributed by atoms with Gasteiger partial charge in [0, 0.05) is 45.2 Å². The summed E-state index contributed by atoms with van der Waals surface area (Å²) in [5.41, 5.74) is 1.92. The number of carbonyl (C=O) groups excluding carboxylic acids is 2. The third-order valence-electron chi connectivity index (χ3n) is 4.45. The van der Waals surface area contributed by atoms with Crippen molar-refractivity contribution in [3.8, 4) is 0 Å². The Morgan fingerprint density at radius 1 is 1.07 bits per heavy atom. The normalized spacial score (nSPS) is 11.7. The van der Waals surface area contributed by atoms with Crippen LogP contribution in [0.5, 0.6) is 0 Å². The van der Waals surface area contributed by atoms with Crippen molar-refractivity contribution in [1.82, 2.24) is 10.2 Å². The molecule has 0 fully saturated rings. The topological polar surface area (TPSA) is 58.6 Å². The van der Waals surface area contributed by atoms with Crippen LogP contribution in [-0.2, 0) is 27.3 Å². The third-order valence-corrected chi connectivity index (χ3v) is 4.70. The number of hydrogen-bond donors (Lipinski definition) is 1. The Hall–Kier alpha value is -2.37. The van der Waals surface area contributed by atoms with Gasteiger partial charge in [-0.05, 0) is 29.7 Å². The molecule has 0 aromatic heterocycles. The summed E-state index contributed by atoms with van der Waals surface area (Å²) >= 11 is 5.96. The van der Waals surface area contributed by atoms with Crippen LogP contribution in [0.15, 0.2) is 54.6 Å². The van der Waals surface area contributed by atoms with Gasteiger partial charge in [0.2, 0.25) is 11.8 Å². The molecule has 6 heteroatoms. The van der Waals surface area contributed by atoms with Crippen LogP contribution in [0.25, 0.3) is 0 Å². The highest BCUT2D eigenvalue weighted by Crippen LogP contribution is 2.16. The number of ether oxygens (including phenoxy) is 1. The van der Waals surface area contributed by atoms with Gasteiger partial charge in [-0.25, -0.2) is 0 Å². The molecule has 0 saturated heterocycles. The fourth-order valence-corrected chi connectivity index (χ4v) is 3.08. The van der Waals surface area contributed by atoms with Crippen molar-refractivity contribution in [3.05, 3.63) is 70.7 Å². The van der Waals surface area contributed by atoms with Crippen LogP contribution in [0, 0.1) is 0 Å². The fourth-order valence-electron chi connectivity index (χ4n) is 2.96. The standard InChI is InChI=1S/C22H27ClN2O3/c1-17(26)25(16-19-9-11-20(23)12-10-19)21(15-18-7-4-3-5-8-18)22(27)24-13-6-14-28-2/h3-5,7-12,21H,6,13-16H2,1-2H3,(H,24,27)/t21-/m0/s1. The Bertz CT molecular complexity index is 750. The van der Waals surface area contributed by atoms with Gasteiger partial charge in [0.1, 0.15) is 6.04 Å². The zero-order valence-corrected chi connectivity index (χ0v) is 17.1. The molecule has 5 nitrogen and oxygen atoms in total. The van der Waals surface area contributed by atoms with Gasteiger partial charge in [0.05, 0.1) is 0 Å². The van der Waals surface area contributed by atoms with E-state index in [-0.39, 0.29) is 11.8 Å². The smallest absolute Gasteiger partial charge is 0.243 e. The average molecular weight is 403 g/mol. The van der Waals surface area contributed by atoms with Gasteiger partial charge >= 0.3 is 0 Å². The summed E-state index contributed by atoms with van der Waals surface area (Å²) in [6, 6.07) is 16.4. The van der Waals surface area contributed by atoms with Crippen LogP contribution in [0.4, 0.5) is 0 Å². The molecule has 0 aliphatic rings. The van der Waals surface area contributed by atoms with E-state index in [0.717, 1.165) is 17.5 Å². The molecule has 0 radical (unpaired) electrons. The first-order chi connectivity index (χ1) is 13.5. The molecule has 0 aliphatic heterocycles. The molecular weight excluding hydrogens is 376 g/mol. The first kappa shape index (κ1) is 21.9. The van der Waals surface area contributed by atoms with Crippen LogP contribution >= 0.6 is 11.6 Å². The van der Waals surface area contributed by atoms with Crippen molar-refractivity contribution in [2.45, 2.75) is 32.4 Å². The monoisotopic (exact) mass is 402 g/mol.